The van der Waals surface area contributed by atoms with E-state index in [2.05, 4.69) is 20.3 Å². The fourth-order valence-electron chi connectivity index (χ4n) is 2.72. The molecule has 3 N–H and O–H groups in total. The summed E-state index contributed by atoms with van der Waals surface area (Å²) in [5.74, 6) is -0.815. The van der Waals surface area contributed by atoms with Crippen molar-refractivity contribution in [1.82, 2.24) is 15.4 Å². The molecule has 1 aliphatic heterocycles. The summed E-state index contributed by atoms with van der Waals surface area (Å²) >= 11 is 0. The van der Waals surface area contributed by atoms with Gasteiger partial charge in [-0.3, -0.25) is 19.3 Å². The lowest BCUT2D eigenvalue weighted by Crippen LogP contribution is -2.53. The van der Waals surface area contributed by atoms with Gasteiger partial charge in [-0.15, -0.1) is 0 Å². The van der Waals surface area contributed by atoms with Crippen molar-refractivity contribution >= 4 is 27.7 Å². The summed E-state index contributed by atoms with van der Waals surface area (Å²) in [6.07, 6.45) is 0. The third-order valence-corrected chi connectivity index (χ3v) is 5.48. The lowest BCUT2D eigenvalue weighted by atomic mass is 10.0. The molecule has 0 aromatic heterocycles. The van der Waals surface area contributed by atoms with Crippen LogP contribution >= 0.6 is 0 Å². The van der Waals surface area contributed by atoms with Crippen LogP contribution in [0.4, 0.5) is 0 Å². The van der Waals surface area contributed by atoms with Gasteiger partial charge in [0.25, 0.3) is 10.0 Å². The van der Waals surface area contributed by atoms with Crippen molar-refractivity contribution < 1.29 is 18.0 Å². The van der Waals surface area contributed by atoms with E-state index in [4.69, 9.17) is 0 Å². The van der Waals surface area contributed by atoms with Gasteiger partial charge in [0.2, 0.25) is 11.8 Å². The number of rotatable bonds is 5. The van der Waals surface area contributed by atoms with Crippen LogP contribution in [0.3, 0.4) is 0 Å². The highest BCUT2D eigenvalue weighted by Crippen LogP contribution is 2.23. The molecule has 2 amide bonds. The van der Waals surface area contributed by atoms with E-state index in [-0.39, 0.29) is 22.6 Å². The molecule has 0 radical (unpaired) electrons. The third kappa shape index (κ3) is 5.09. The summed E-state index contributed by atoms with van der Waals surface area (Å²) in [6.45, 7) is 10.8. The molecular formula is C19H28N4O4S. The summed E-state index contributed by atoms with van der Waals surface area (Å²) in [5, 5.41) is 5.48. The summed E-state index contributed by atoms with van der Waals surface area (Å²) in [7, 11) is -3.69. The number of hydrogen-bond donors (Lipinski definition) is 3. The molecule has 0 aliphatic carbocycles. The van der Waals surface area contributed by atoms with E-state index in [9.17, 15) is 18.0 Å². The standard InChI is InChI=1S/C19H28N4O4S/c1-11(2)15(18(25)20-12(3)17(24)22-19(4,5)6)21-16-13-9-7-8-10-14(13)28(26,27)23-16/h7-12,15H,1-6H3,(H,20,25)(H,21,23)(H,22,24)/t12?,15-/m0/s1. The molecule has 9 heteroatoms. The van der Waals surface area contributed by atoms with Gasteiger partial charge >= 0.3 is 0 Å². The van der Waals surface area contributed by atoms with Crippen molar-refractivity contribution in [3.8, 4) is 0 Å². The number of carbonyl (C=O) groups is 2. The average Bonchev–Trinajstić information content (AvgIpc) is 2.81. The Balaban J connectivity index is 2.24. The summed E-state index contributed by atoms with van der Waals surface area (Å²) in [6, 6.07) is 4.86. The maximum absolute atomic E-state index is 12.8. The van der Waals surface area contributed by atoms with Crippen LogP contribution in [0.2, 0.25) is 0 Å². The third-order valence-electron chi connectivity index (χ3n) is 4.08. The minimum Gasteiger partial charge on any atom is -0.350 e. The molecule has 2 rings (SSSR count). The average molecular weight is 409 g/mol. The van der Waals surface area contributed by atoms with Gasteiger partial charge in [-0.25, -0.2) is 8.42 Å². The van der Waals surface area contributed by atoms with Crippen molar-refractivity contribution in [2.24, 2.45) is 10.9 Å². The van der Waals surface area contributed by atoms with Crippen molar-refractivity contribution in [1.29, 1.82) is 0 Å². The summed E-state index contributed by atoms with van der Waals surface area (Å²) < 4.78 is 26.9. The monoisotopic (exact) mass is 408 g/mol. The molecule has 0 saturated heterocycles. The molecule has 0 fully saturated rings. The number of sulfonamides is 1. The number of amidine groups is 1. The first-order valence-electron chi connectivity index (χ1n) is 9.14. The van der Waals surface area contributed by atoms with E-state index >= 15 is 0 Å². The van der Waals surface area contributed by atoms with Gasteiger partial charge in [-0.05, 0) is 45.7 Å². The Bertz CT molecular complexity index is 901. The number of fused-ring (bicyclic) bond motifs is 1. The molecule has 1 aromatic rings. The molecule has 0 spiro atoms. The molecule has 28 heavy (non-hydrogen) atoms. The molecule has 1 unspecified atom stereocenters. The van der Waals surface area contributed by atoms with Crippen LogP contribution in [-0.4, -0.2) is 43.7 Å². The van der Waals surface area contributed by atoms with Gasteiger partial charge in [0, 0.05) is 11.1 Å². The predicted octanol–water partition coefficient (Wildman–Crippen LogP) is 1.17. The number of carbonyl (C=O) groups excluding carboxylic acids is 2. The highest BCUT2D eigenvalue weighted by atomic mass is 32.2. The van der Waals surface area contributed by atoms with Crippen LogP contribution < -0.4 is 15.4 Å². The Morgan fingerprint density at radius 3 is 2.25 bits per heavy atom. The molecule has 1 heterocycles. The Kier molecular flexibility index (Phi) is 6.18. The maximum atomic E-state index is 12.8. The molecule has 0 saturated carbocycles. The predicted molar refractivity (Wildman–Crippen MR) is 107 cm³/mol. The zero-order valence-corrected chi connectivity index (χ0v) is 17.8. The minimum atomic E-state index is -3.69. The first-order chi connectivity index (χ1) is 12.8. The fraction of sp³-hybridized carbons (Fsp3) is 0.526. The summed E-state index contributed by atoms with van der Waals surface area (Å²) in [5.41, 5.74) is 0.0130. The van der Waals surface area contributed by atoms with Gasteiger partial charge in [-0.2, -0.15) is 0 Å². The van der Waals surface area contributed by atoms with E-state index < -0.39 is 33.6 Å². The zero-order chi connectivity index (χ0) is 21.3. The number of aliphatic imine (C=N–C) groups is 1. The SMILES string of the molecule is CC(NC(=O)[C@@H](N=C1NS(=O)(=O)c2ccccc21)C(C)C)C(=O)NC(C)(C)C. The van der Waals surface area contributed by atoms with E-state index in [0.717, 1.165) is 0 Å². The fourth-order valence-corrected chi connectivity index (χ4v) is 3.96. The highest BCUT2D eigenvalue weighted by Gasteiger charge is 2.33. The molecule has 8 nitrogen and oxygen atoms in total. The molecule has 1 aliphatic rings. The normalized spacial score (nSPS) is 18.9. The largest absolute Gasteiger partial charge is 0.350 e. The molecule has 154 valence electrons. The van der Waals surface area contributed by atoms with E-state index in [1.54, 1.807) is 25.1 Å². The number of benzene rings is 1. The van der Waals surface area contributed by atoms with Crippen molar-refractivity contribution in [3.63, 3.8) is 0 Å². The first kappa shape index (κ1) is 21.9. The Morgan fingerprint density at radius 1 is 1.07 bits per heavy atom. The molecule has 0 bridgehead atoms. The number of hydrogen-bond acceptors (Lipinski definition) is 5. The van der Waals surface area contributed by atoms with Gasteiger partial charge < -0.3 is 10.6 Å². The minimum absolute atomic E-state index is 0.134. The van der Waals surface area contributed by atoms with Gasteiger partial charge in [0.15, 0.2) is 0 Å². The Morgan fingerprint density at radius 2 is 1.68 bits per heavy atom. The number of amides is 2. The van der Waals surface area contributed by atoms with Gasteiger partial charge in [0.05, 0.1) is 4.90 Å². The second-order valence-corrected chi connectivity index (χ2v) is 9.89. The Hall–Kier alpha value is -2.42. The highest BCUT2D eigenvalue weighted by molar-refractivity contribution is 7.90. The van der Waals surface area contributed by atoms with Gasteiger partial charge in [0.1, 0.15) is 17.9 Å². The lowest BCUT2D eigenvalue weighted by molar-refractivity contribution is -0.130. The molecule has 2 atom stereocenters. The number of nitrogens with zero attached hydrogens (tertiary/aromatic N) is 1. The Labute approximate surface area is 166 Å². The van der Waals surface area contributed by atoms with Crippen LogP contribution in [0.5, 0.6) is 0 Å². The van der Waals surface area contributed by atoms with Crippen molar-refractivity contribution in [3.05, 3.63) is 29.8 Å². The summed E-state index contributed by atoms with van der Waals surface area (Å²) in [4.78, 5) is 29.5. The topological polar surface area (TPSA) is 117 Å². The van der Waals surface area contributed by atoms with Crippen LogP contribution in [0.25, 0.3) is 0 Å². The second-order valence-electron chi connectivity index (χ2n) is 8.24. The smallest absolute Gasteiger partial charge is 0.263 e. The molecular weight excluding hydrogens is 380 g/mol. The van der Waals surface area contributed by atoms with Crippen molar-refractivity contribution in [2.45, 2.75) is 64.1 Å². The first-order valence-corrected chi connectivity index (χ1v) is 10.6. The maximum Gasteiger partial charge on any atom is 0.263 e. The van der Waals surface area contributed by atoms with E-state index in [1.165, 1.54) is 6.07 Å². The second kappa shape index (κ2) is 7.90. The van der Waals surface area contributed by atoms with Crippen molar-refractivity contribution in [2.75, 3.05) is 0 Å². The number of nitrogens with one attached hydrogen (secondary N) is 3. The van der Waals surface area contributed by atoms with E-state index in [1.807, 2.05) is 34.6 Å². The van der Waals surface area contributed by atoms with Crippen LogP contribution in [0, 0.1) is 5.92 Å². The van der Waals surface area contributed by atoms with Gasteiger partial charge in [-0.1, -0.05) is 26.0 Å². The quantitative estimate of drug-likeness (QED) is 0.678. The van der Waals surface area contributed by atoms with Crippen LogP contribution in [0.1, 0.15) is 47.1 Å². The van der Waals surface area contributed by atoms with Crippen LogP contribution in [0.15, 0.2) is 34.2 Å². The molecule has 1 aromatic carbocycles. The van der Waals surface area contributed by atoms with E-state index in [0.29, 0.717) is 5.56 Å². The lowest BCUT2D eigenvalue weighted by Gasteiger charge is -2.25. The zero-order valence-electron chi connectivity index (χ0n) is 17.0. The van der Waals surface area contributed by atoms with Crippen LogP contribution in [-0.2, 0) is 19.6 Å².